The van der Waals surface area contributed by atoms with Gasteiger partial charge in [-0.05, 0) is 45.4 Å². The van der Waals surface area contributed by atoms with Crippen LogP contribution in [0.4, 0.5) is 13.2 Å². The largest absolute Gasteiger partial charge is 0.477 e. The number of halogens is 3. The molecular formula is C16H21F3N2O3S. The topological polar surface area (TPSA) is 79.3 Å². The number of hydrogen-bond donors (Lipinski definition) is 2. The van der Waals surface area contributed by atoms with Gasteiger partial charge < -0.3 is 10.4 Å². The van der Waals surface area contributed by atoms with Crippen molar-refractivity contribution in [2.75, 3.05) is 0 Å². The Balaban J connectivity index is 1.84. The summed E-state index contributed by atoms with van der Waals surface area (Å²) >= 11 is 1.02. The van der Waals surface area contributed by atoms with Crippen molar-refractivity contribution >= 4 is 23.2 Å². The second kappa shape index (κ2) is 7.72. The number of carbonyl (C=O) groups excluding carboxylic acids is 1. The van der Waals surface area contributed by atoms with Gasteiger partial charge >= 0.3 is 12.1 Å². The number of nitrogens with one attached hydrogen (secondary N) is 1. The van der Waals surface area contributed by atoms with Gasteiger partial charge in [0.2, 0.25) is 5.91 Å². The van der Waals surface area contributed by atoms with Crippen molar-refractivity contribution in [1.82, 2.24) is 10.3 Å². The van der Waals surface area contributed by atoms with Crippen molar-refractivity contribution in [2.45, 2.75) is 58.2 Å². The van der Waals surface area contributed by atoms with Crippen LogP contribution in [-0.2, 0) is 4.79 Å². The quantitative estimate of drug-likeness (QED) is 0.809. The van der Waals surface area contributed by atoms with Crippen LogP contribution in [0.5, 0.6) is 0 Å². The van der Waals surface area contributed by atoms with E-state index in [4.69, 9.17) is 5.11 Å². The Hall–Kier alpha value is -1.64. The molecule has 1 aliphatic rings. The SMILES string of the molecule is Cc1nc(C(C)NC(=O)CC2CCC(C(F)(F)F)CC2)sc1C(=O)O. The van der Waals surface area contributed by atoms with Crippen molar-refractivity contribution in [3.8, 4) is 0 Å². The van der Waals surface area contributed by atoms with Crippen LogP contribution in [0.15, 0.2) is 0 Å². The van der Waals surface area contributed by atoms with Gasteiger partial charge in [-0.2, -0.15) is 13.2 Å². The maximum atomic E-state index is 12.7. The Bertz CT molecular complexity index is 637. The molecule has 0 aliphatic heterocycles. The van der Waals surface area contributed by atoms with Gasteiger partial charge in [0.05, 0.1) is 17.7 Å². The first-order valence-corrected chi connectivity index (χ1v) is 8.96. The van der Waals surface area contributed by atoms with Crippen molar-refractivity contribution in [1.29, 1.82) is 0 Å². The van der Waals surface area contributed by atoms with Gasteiger partial charge in [0.1, 0.15) is 9.88 Å². The summed E-state index contributed by atoms with van der Waals surface area (Å²) in [5.41, 5.74) is 0.402. The standard InChI is InChI=1S/C16H21F3N2O3S/c1-8-13(15(23)24)25-14(21-8)9(2)20-12(22)7-10-3-5-11(6-4-10)16(17,18)19/h9-11H,3-7H2,1-2H3,(H,20,22)(H,23,24). The molecule has 0 bridgehead atoms. The summed E-state index contributed by atoms with van der Waals surface area (Å²) in [6.07, 6.45) is -3.02. The summed E-state index contributed by atoms with van der Waals surface area (Å²) in [7, 11) is 0. The molecule has 1 aromatic heterocycles. The second-order valence-corrected chi connectivity index (χ2v) is 7.56. The van der Waals surface area contributed by atoms with Gasteiger partial charge in [-0.15, -0.1) is 11.3 Å². The molecular weight excluding hydrogens is 357 g/mol. The van der Waals surface area contributed by atoms with Crippen molar-refractivity contribution in [3.63, 3.8) is 0 Å². The van der Waals surface area contributed by atoms with E-state index in [-0.39, 0.29) is 36.0 Å². The zero-order valence-electron chi connectivity index (χ0n) is 14.0. The van der Waals surface area contributed by atoms with Crippen LogP contribution in [0.3, 0.4) is 0 Å². The molecule has 1 saturated carbocycles. The van der Waals surface area contributed by atoms with E-state index in [0.29, 0.717) is 23.5 Å². The molecule has 1 unspecified atom stereocenters. The normalized spacial score (nSPS) is 22.4. The number of rotatable bonds is 5. The van der Waals surface area contributed by atoms with Crippen LogP contribution < -0.4 is 5.32 Å². The highest BCUT2D eigenvalue weighted by Crippen LogP contribution is 2.40. The van der Waals surface area contributed by atoms with E-state index in [9.17, 15) is 22.8 Å². The number of aromatic carboxylic acids is 1. The second-order valence-electron chi connectivity index (χ2n) is 6.52. The van der Waals surface area contributed by atoms with Gasteiger partial charge in [-0.3, -0.25) is 4.79 Å². The number of amides is 1. The maximum Gasteiger partial charge on any atom is 0.391 e. The molecule has 2 rings (SSSR count). The van der Waals surface area contributed by atoms with E-state index in [1.807, 2.05) is 0 Å². The van der Waals surface area contributed by atoms with Crippen LogP contribution >= 0.6 is 11.3 Å². The highest BCUT2D eigenvalue weighted by molar-refractivity contribution is 7.13. The molecule has 0 saturated heterocycles. The summed E-state index contributed by atoms with van der Waals surface area (Å²) in [6, 6.07) is -0.434. The fraction of sp³-hybridized carbons (Fsp3) is 0.688. The van der Waals surface area contributed by atoms with Crippen molar-refractivity contribution in [3.05, 3.63) is 15.6 Å². The van der Waals surface area contributed by atoms with Crippen LogP contribution in [0.1, 0.15) is 65.4 Å². The van der Waals surface area contributed by atoms with Gasteiger partial charge in [0.25, 0.3) is 0 Å². The number of nitrogens with zero attached hydrogens (tertiary/aromatic N) is 1. The average Bonchev–Trinajstić information content (AvgIpc) is 2.89. The van der Waals surface area contributed by atoms with E-state index in [1.165, 1.54) is 0 Å². The summed E-state index contributed by atoms with van der Waals surface area (Å²) in [5, 5.41) is 12.3. The molecule has 1 fully saturated rings. The smallest absolute Gasteiger partial charge is 0.391 e. The molecule has 0 spiro atoms. The third kappa shape index (κ3) is 5.17. The van der Waals surface area contributed by atoms with E-state index in [2.05, 4.69) is 10.3 Å². The average molecular weight is 378 g/mol. The third-order valence-electron chi connectivity index (χ3n) is 4.54. The minimum absolute atomic E-state index is 0.0431. The van der Waals surface area contributed by atoms with E-state index in [1.54, 1.807) is 13.8 Å². The zero-order chi connectivity index (χ0) is 18.8. The number of carboxylic acid groups (broad SMARTS) is 1. The monoisotopic (exact) mass is 378 g/mol. The Kier molecular flexibility index (Phi) is 6.08. The van der Waals surface area contributed by atoms with E-state index < -0.39 is 24.1 Å². The first kappa shape index (κ1) is 19.7. The summed E-state index contributed by atoms with van der Waals surface area (Å²) in [4.78, 5) is 27.5. The molecule has 1 atom stereocenters. The first-order chi connectivity index (χ1) is 11.6. The molecule has 1 heterocycles. The summed E-state index contributed by atoms with van der Waals surface area (Å²) < 4.78 is 38.0. The molecule has 140 valence electrons. The van der Waals surface area contributed by atoms with Crippen LogP contribution in [0, 0.1) is 18.8 Å². The van der Waals surface area contributed by atoms with Crippen molar-refractivity contribution in [2.24, 2.45) is 11.8 Å². The van der Waals surface area contributed by atoms with Crippen LogP contribution in [0.2, 0.25) is 0 Å². The fourth-order valence-electron chi connectivity index (χ4n) is 3.12. The Labute approximate surface area is 147 Å². The predicted octanol–water partition coefficient (Wildman–Crippen LogP) is 4.09. The van der Waals surface area contributed by atoms with Crippen molar-refractivity contribution < 1.29 is 27.9 Å². The number of alkyl halides is 3. The summed E-state index contributed by atoms with van der Waals surface area (Å²) in [5.74, 6) is -2.59. The molecule has 0 aromatic carbocycles. The van der Waals surface area contributed by atoms with Gasteiger partial charge in [-0.25, -0.2) is 9.78 Å². The third-order valence-corrected chi connectivity index (χ3v) is 5.87. The molecule has 1 amide bonds. The highest BCUT2D eigenvalue weighted by atomic mass is 32.1. The number of aromatic nitrogens is 1. The maximum absolute atomic E-state index is 12.7. The minimum atomic E-state index is -4.15. The Morgan fingerprint density at radius 3 is 2.40 bits per heavy atom. The fourth-order valence-corrected chi connectivity index (χ4v) is 4.03. The molecule has 2 N–H and O–H groups in total. The zero-order valence-corrected chi connectivity index (χ0v) is 14.8. The lowest BCUT2D eigenvalue weighted by atomic mass is 9.80. The minimum Gasteiger partial charge on any atom is -0.477 e. The molecule has 25 heavy (non-hydrogen) atoms. The predicted molar refractivity (Wildman–Crippen MR) is 86.5 cm³/mol. The highest BCUT2D eigenvalue weighted by Gasteiger charge is 2.41. The Morgan fingerprint density at radius 2 is 1.92 bits per heavy atom. The summed E-state index contributed by atoms with van der Waals surface area (Å²) in [6.45, 7) is 3.31. The molecule has 9 heteroatoms. The molecule has 0 radical (unpaired) electrons. The van der Waals surface area contributed by atoms with Gasteiger partial charge in [0, 0.05) is 6.42 Å². The number of hydrogen-bond acceptors (Lipinski definition) is 4. The van der Waals surface area contributed by atoms with Gasteiger partial charge in [0.15, 0.2) is 0 Å². The number of carboxylic acids is 1. The lowest BCUT2D eigenvalue weighted by molar-refractivity contribution is -0.184. The molecule has 5 nitrogen and oxygen atoms in total. The van der Waals surface area contributed by atoms with Gasteiger partial charge in [-0.1, -0.05) is 0 Å². The molecule has 1 aliphatic carbocycles. The Morgan fingerprint density at radius 1 is 1.32 bits per heavy atom. The van der Waals surface area contributed by atoms with E-state index >= 15 is 0 Å². The molecule has 1 aromatic rings. The first-order valence-electron chi connectivity index (χ1n) is 8.14. The number of carbonyl (C=O) groups is 2. The van der Waals surface area contributed by atoms with Crippen LogP contribution in [-0.4, -0.2) is 28.1 Å². The number of aryl methyl sites for hydroxylation is 1. The lowest BCUT2D eigenvalue weighted by Crippen LogP contribution is -2.32. The number of thiazole rings is 1. The lowest BCUT2D eigenvalue weighted by Gasteiger charge is -2.29. The van der Waals surface area contributed by atoms with Crippen LogP contribution in [0.25, 0.3) is 0 Å². The van der Waals surface area contributed by atoms with E-state index in [0.717, 1.165) is 11.3 Å².